The van der Waals surface area contributed by atoms with E-state index in [9.17, 15) is 9.18 Å². The summed E-state index contributed by atoms with van der Waals surface area (Å²) in [7, 11) is 0. The molecular formula is C12H15FO2. The largest absolute Gasteiger partial charge is 0.381 e. The van der Waals surface area contributed by atoms with Crippen LogP contribution < -0.4 is 0 Å². The molecule has 0 aliphatic rings. The van der Waals surface area contributed by atoms with Crippen LogP contribution in [0, 0.1) is 12.7 Å². The molecule has 3 heteroatoms. The fourth-order valence-electron chi connectivity index (χ4n) is 1.35. The monoisotopic (exact) mass is 210 g/mol. The van der Waals surface area contributed by atoms with Crippen molar-refractivity contribution in [2.75, 3.05) is 13.2 Å². The number of ketones is 1. The summed E-state index contributed by atoms with van der Waals surface area (Å²) in [6.07, 6.45) is 0.302. The van der Waals surface area contributed by atoms with Crippen LogP contribution in [-0.4, -0.2) is 19.0 Å². The summed E-state index contributed by atoms with van der Waals surface area (Å²) < 4.78 is 18.1. The quantitative estimate of drug-likeness (QED) is 0.551. The molecule has 0 spiro atoms. The summed E-state index contributed by atoms with van der Waals surface area (Å²) in [4.78, 5) is 11.6. The van der Waals surface area contributed by atoms with E-state index in [-0.39, 0.29) is 11.6 Å². The first-order chi connectivity index (χ1) is 7.13. The third-order valence-electron chi connectivity index (χ3n) is 2.04. The second kappa shape index (κ2) is 5.61. The van der Waals surface area contributed by atoms with Crippen molar-refractivity contribution < 1.29 is 13.9 Å². The van der Waals surface area contributed by atoms with E-state index in [1.807, 2.05) is 6.92 Å². The zero-order valence-electron chi connectivity index (χ0n) is 9.05. The van der Waals surface area contributed by atoms with E-state index in [0.717, 1.165) is 5.56 Å². The van der Waals surface area contributed by atoms with Gasteiger partial charge in [0.1, 0.15) is 5.82 Å². The second-order valence-electron chi connectivity index (χ2n) is 3.39. The van der Waals surface area contributed by atoms with Crippen molar-refractivity contribution in [2.45, 2.75) is 20.3 Å². The first-order valence-electron chi connectivity index (χ1n) is 5.01. The number of Topliss-reactive ketones (excluding diaryl/α,β-unsaturated/α-hetero) is 1. The summed E-state index contributed by atoms with van der Waals surface area (Å²) in [5, 5.41) is 0. The van der Waals surface area contributed by atoms with Crippen molar-refractivity contribution in [2.24, 2.45) is 0 Å². The molecule has 1 aromatic rings. The molecule has 0 bridgehead atoms. The molecule has 15 heavy (non-hydrogen) atoms. The lowest BCUT2D eigenvalue weighted by Gasteiger charge is -2.03. The lowest BCUT2D eigenvalue weighted by Crippen LogP contribution is -2.05. The van der Waals surface area contributed by atoms with Gasteiger partial charge in [0, 0.05) is 18.6 Å². The number of benzene rings is 1. The summed E-state index contributed by atoms with van der Waals surface area (Å²) in [6.45, 7) is 4.62. The average Bonchev–Trinajstić information content (AvgIpc) is 2.16. The normalized spacial score (nSPS) is 10.3. The number of hydrogen-bond donors (Lipinski definition) is 0. The molecule has 0 radical (unpaired) electrons. The van der Waals surface area contributed by atoms with Gasteiger partial charge in [0.25, 0.3) is 0 Å². The molecule has 0 amide bonds. The summed E-state index contributed by atoms with van der Waals surface area (Å²) >= 11 is 0. The van der Waals surface area contributed by atoms with Gasteiger partial charge in [-0.2, -0.15) is 0 Å². The van der Waals surface area contributed by atoms with Crippen LogP contribution >= 0.6 is 0 Å². The van der Waals surface area contributed by atoms with E-state index in [4.69, 9.17) is 4.74 Å². The summed E-state index contributed by atoms with van der Waals surface area (Å²) in [5.41, 5.74) is 1.18. The fourth-order valence-corrected chi connectivity index (χ4v) is 1.35. The van der Waals surface area contributed by atoms with Gasteiger partial charge < -0.3 is 4.74 Å². The maximum Gasteiger partial charge on any atom is 0.165 e. The maximum atomic E-state index is 13.0. The van der Waals surface area contributed by atoms with Gasteiger partial charge in [-0.25, -0.2) is 4.39 Å². The fraction of sp³-hybridized carbons (Fsp3) is 0.417. The molecule has 0 saturated heterocycles. The van der Waals surface area contributed by atoms with E-state index < -0.39 is 0 Å². The first kappa shape index (κ1) is 11.9. The lowest BCUT2D eigenvalue weighted by molar-refractivity contribution is 0.0895. The number of ether oxygens (including phenoxy) is 1. The van der Waals surface area contributed by atoms with Crippen molar-refractivity contribution in [3.63, 3.8) is 0 Å². The predicted octanol–water partition coefficient (Wildman–Crippen LogP) is 2.74. The van der Waals surface area contributed by atoms with Crippen LogP contribution in [0.5, 0.6) is 0 Å². The summed E-state index contributed by atoms with van der Waals surface area (Å²) in [6, 6.07) is 4.36. The molecule has 0 unspecified atom stereocenters. The van der Waals surface area contributed by atoms with Crippen molar-refractivity contribution in [1.29, 1.82) is 0 Å². The van der Waals surface area contributed by atoms with Gasteiger partial charge in [-0.3, -0.25) is 4.79 Å². The standard InChI is InChI=1S/C12H15FO2/c1-3-15-5-4-12(14)10-6-9(2)7-11(13)8-10/h6-8H,3-5H2,1-2H3. The number of carbonyl (C=O) groups excluding carboxylic acids is 1. The Morgan fingerprint density at radius 3 is 2.73 bits per heavy atom. The third kappa shape index (κ3) is 3.80. The van der Waals surface area contributed by atoms with Crippen LogP contribution in [0.3, 0.4) is 0 Å². The van der Waals surface area contributed by atoms with Crippen molar-refractivity contribution in [3.8, 4) is 0 Å². The molecule has 0 fully saturated rings. The molecule has 0 aliphatic heterocycles. The molecule has 0 aromatic heterocycles. The molecule has 0 N–H and O–H groups in total. The van der Waals surface area contributed by atoms with Crippen LogP contribution in [0.4, 0.5) is 4.39 Å². The van der Waals surface area contributed by atoms with Gasteiger partial charge in [-0.1, -0.05) is 0 Å². The van der Waals surface area contributed by atoms with Crippen molar-refractivity contribution in [3.05, 3.63) is 35.1 Å². The van der Waals surface area contributed by atoms with Gasteiger partial charge in [0.05, 0.1) is 6.61 Å². The Balaban J connectivity index is 2.65. The van der Waals surface area contributed by atoms with Crippen LogP contribution in [0.2, 0.25) is 0 Å². The Labute approximate surface area is 89.1 Å². The molecule has 82 valence electrons. The van der Waals surface area contributed by atoms with E-state index in [2.05, 4.69) is 0 Å². The zero-order chi connectivity index (χ0) is 11.3. The smallest absolute Gasteiger partial charge is 0.165 e. The predicted molar refractivity (Wildman–Crippen MR) is 56.6 cm³/mol. The van der Waals surface area contributed by atoms with Gasteiger partial charge >= 0.3 is 0 Å². The van der Waals surface area contributed by atoms with Crippen molar-refractivity contribution in [1.82, 2.24) is 0 Å². The van der Waals surface area contributed by atoms with E-state index >= 15 is 0 Å². The van der Waals surface area contributed by atoms with Crippen molar-refractivity contribution >= 4 is 5.78 Å². The van der Waals surface area contributed by atoms with Gasteiger partial charge in [0.2, 0.25) is 0 Å². The Kier molecular flexibility index (Phi) is 4.43. The van der Waals surface area contributed by atoms with Crippen LogP contribution in [0.25, 0.3) is 0 Å². The van der Waals surface area contributed by atoms with Crippen LogP contribution in [-0.2, 0) is 4.74 Å². The van der Waals surface area contributed by atoms with E-state index in [1.54, 1.807) is 13.0 Å². The number of halogens is 1. The van der Waals surface area contributed by atoms with Gasteiger partial charge in [0.15, 0.2) is 5.78 Å². The average molecular weight is 210 g/mol. The first-order valence-corrected chi connectivity index (χ1v) is 5.01. The molecule has 1 aromatic carbocycles. The number of rotatable bonds is 5. The van der Waals surface area contributed by atoms with Crippen LogP contribution in [0.1, 0.15) is 29.3 Å². The highest BCUT2D eigenvalue weighted by Gasteiger charge is 2.07. The number of hydrogen-bond acceptors (Lipinski definition) is 2. The molecule has 1 rings (SSSR count). The number of carbonyl (C=O) groups is 1. The highest BCUT2D eigenvalue weighted by Crippen LogP contribution is 2.10. The second-order valence-corrected chi connectivity index (χ2v) is 3.39. The Hall–Kier alpha value is -1.22. The molecule has 0 saturated carbocycles. The van der Waals surface area contributed by atoms with E-state index in [0.29, 0.717) is 25.2 Å². The zero-order valence-corrected chi connectivity index (χ0v) is 9.05. The maximum absolute atomic E-state index is 13.0. The Bertz CT molecular complexity index is 327. The number of aryl methyl sites for hydroxylation is 1. The summed E-state index contributed by atoms with van der Waals surface area (Å²) in [5.74, 6) is -0.444. The Morgan fingerprint density at radius 2 is 2.13 bits per heavy atom. The molecule has 0 heterocycles. The molecular weight excluding hydrogens is 195 g/mol. The lowest BCUT2D eigenvalue weighted by atomic mass is 10.1. The highest BCUT2D eigenvalue weighted by molar-refractivity contribution is 5.96. The minimum absolute atomic E-state index is 0.0777. The Morgan fingerprint density at radius 1 is 1.40 bits per heavy atom. The molecule has 0 atom stereocenters. The van der Waals surface area contributed by atoms with Gasteiger partial charge in [-0.15, -0.1) is 0 Å². The minimum Gasteiger partial charge on any atom is -0.381 e. The third-order valence-corrected chi connectivity index (χ3v) is 2.04. The highest BCUT2D eigenvalue weighted by atomic mass is 19.1. The van der Waals surface area contributed by atoms with E-state index in [1.165, 1.54) is 12.1 Å². The van der Waals surface area contributed by atoms with Crippen LogP contribution in [0.15, 0.2) is 18.2 Å². The minimum atomic E-state index is -0.366. The van der Waals surface area contributed by atoms with Gasteiger partial charge in [-0.05, 0) is 37.6 Å². The molecule has 2 nitrogen and oxygen atoms in total. The topological polar surface area (TPSA) is 26.3 Å². The SMILES string of the molecule is CCOCCC(=O)c1cc(C)cc(F)c1. The molecule has 0 aliphatic carbocycles.